The summed E-state index contributed by atoms with van der Waals surface area (Å²) in [6.07, 6.45) is 9.07. The highest BCUT2D eigenvalue weighted by molar-refractivity contribution is 6.33. The van der Waals surface area contributed by atoms with Crippen molar-refractivity contribution in [1.29, 1.82) is 0 Å². The number of nitrogens with one attached hydrogen (secondary N) is 2. The zero-order valence-electron chi connectivity index (χ0n) is 21.6. The largest absolute Gasteiger partial charge is 0.355 e. The number of rotatable bonds is 5. The number of benzene rings is 2. The molecule has 2 fully saturated rings. The quantitative estimate of drug-likeness (QED) is 0.293. The molecule has 1 aliphatic heterocycles. The van der Waals surface area contributed by atoms with E-state index in [-0.39, 0.29) is 12.1 Å². The molecule has 3 heterocycles. The molecule has 0 radical (unpaired) electrons. The molecule has 0 unspecified atom stereocenters. The van der Waals surface area contributed by atoms with E-state index >= 15 is 0 Å². The van der Waals surface area contributed by atoms with E-state index in [4.69, 9.17) is 28.2 Å². The van der Waals surface area contributed by atoms with Crippen molar-refractivity contribution in [3.05, 3.63) is 64.9 Å². The number of urea groups is 1. The van der Waals surface area contributed by atoms with Crippen LogP contribution in [0.4, 0.5) is 10.6 Å². The maximum absolute atomic E-state index is 12.6. The molecule has 1 aliphatic carbocycles. The van der Waals surface area contributed by atoms with Gasteiger partial charge < -0.3 is 15.5 Å². The SMILES string of the molecule is O=C(NC1CCCCC1)NC1CCN(c2ncnc3c2nc(-c2ccccc2Cl)n3-c2ccc(Cl)cc2)CC1. The van der Waals surface area contributed by atoms with E-state index in [0.717, 1.165) is 55.8 Å². The molecule has 1 saturated carbocycles. The Bertz CT molecular complexity index is 1460. The normalized spacial score (nSPS) is 16.9. The number of piperidine rings is 1. The number of fused-ring (bicyclic) bond motifs is 1. The molecular formula is C29H31Cl2N7O. The second kappa shape index (κ2) is 11.4. The van der Waals surface area contributed by atoms with Crippen molar-refractivity contribution in [2.45, 2.75) is 57.0 Å². The number of anilines is 1. The van der Waals surface area contributed by atoms with Crippen LogP contribution in [0.15, 0.2) is 54.9 Å². The Morgan fingerprint density at radius 2 is 1.54 bits per heavy atom. The van der Waals surface area contributed by atoms with Crippen LogP contribution in [-0.2, 0) is 0 Å². The molecular weight excluding hydrogens is 533 g/mol. The van der Waals surface area contributed by atoms with Crippen molar-refractivity contribution in [3.8, 4) is 17.1 Å². The number of aromatic nitrogens is 4. The van der Waals surface area contributed by atoms with Gasteiger partial charge in [-0.3, -0.25) is 4.57 Å². The smallest absolute Gasteiger partial charge is 0.315 e. The van der Waals surface area contributed by atoms with E-state index in [1.165, 1.54) is 19.3 Å². The first-order valence-corrected chi connectivity index (χ1v) is 14.4. The third-order valence-corrected chi connectivity index (χ3v) is 8.28. The van der Waals surface area contributed by atoms with Gasteiger partial charge in [0.1, 0.15) is 12.2 Å². The van der Waals surface area contributed by atoms with Crippen molar-refractivity contribution < 1.29 is 4.79 Å². The molecule has 10 heteroatoms. The molecule has 0 atom stereocenters. The molecule has 2 aromatic carbocycles. The molecule has 1 saturated heterocycles. The Morgan fingerprint density at radius 3 is 2.26 bits per heavy atom. The summed E-state index contributed by atoms with van der Waals surface area (Å²) in [6.45, 7) is 1.52. The van der Waals surface area contributed by atoms with Gasteiger partial charge in [-0.1, -0.05) is 54.6 Å². The zero-order valence-corrected chi connectivity index (χ0v) is 23.1. The Morgan fingerprint density at radius 1 is 0.846 bits per heavy atom. The maximum Gasteiger partial charge on any atom is 0.315 e. The van der Waals surface area contributed by atoms with Crippen molar-refractivity contribution in [3.63, 3.8) is 0 Å². The number of imidazole rings is 1. The third-order valence-electron chi connectivity index (χ3n) is 7.69. The average molecular weight is 565 g/mol. The standard InChI is InChI=1S/C29H31Cl2N7O/c30-19-10-12-22(13-11-19)38-26(23-8-4-5-9-24(23)31)36-25-27(32-18-33-28(25)38)37-16-14-21(15-17-37)35-29(39)34-20-6-2-1-3-7-20/h4-5,8-13,18,20-21H,1-3,6-7,14-17H2,(H2,34,35,39). The number of hydrogen-bond donors (Lipinski definition) is 2. The minimum absolute atomic E-state index is 0.0455. The van der Waals surface area contributed by atoms with Crippen molar-refractivity contribution >= 4 is 46.2 Å². The number of carbonyl (C=O) groups excluding carboxylic acids is 1. The summed E-state index contributed by atoms with van der Waals surface area (Å²) in [7, 11) is 0. The fourth-order valence-corrected chi connectivity index (χ4v) is 6.01. The highest BCUT2D eigenvalue weighted by atomic mass is 35.5. The molecule has 2 amide bonds. The Hall–Kier alpha value is -3.36. The molecule has 4 aromatic rings. The Kier molecular flexibility index (Phi) is 7.57. The molecule has 0 bridgehead atoms. The lowest BCUT2D eigenvalue weighted by Gasteiger charge is -2.33. The summed E-state index contributed by atoms with van der Waals surface area (Å²) >= 11 is 12.8. The second-order valence-electron chi connectivity index (χ2n) is 10.3. The van der Waals surface area contributed by atoms with Gasteiger partial charge in [-0.05, 0) is 62.1 Å². The van der Waals surface area contributed by atoms with E-state index in [2.05, 4.69) is 25.5 Å². The summed E-state index contributed by atoms with van der Waals surface area (Å²) in [4.78, 5) is 29.2. The van der Waals surface area contributed by atoms with E-state index in [1.807, 2.05) is 53.1 Å². The number of halogens is 2. The minimum atomic E-state index is -0.0455. The van der Waals surface area contributed by atoms with Gasteiger partial charge >= 0.3 is 6.03 Å². The first-order chi connectivity index (χ1) is 19.1. The number of amides is 2. The summed E-state index contributed by atoms with van der Waals surface area (Å²) in [5, 5.41) is 7.61. The maximum atomic E-state index is 12.6. The van der Waals surface area contributed by atoms with Crippen LogP contribution in [-0.4, -0.2) is 50.7 Å². The van der Waals surface area contributed by atoms with Gasteiger partial charge in [0.15, 0.2) is 17.0 Å². The topological polar surface area (TPSA) is 88.0 Å². The van der Waals surface area contributed by atoms with Crippen LogP contribution in [0.2, 0.25) is 10.0 Å². The summed E-state index contributed by atoms with van der Waals surface area (Å²) in [5.74, 6) is 1.47. The average Bonchev–Trinajstić information content (AvgIpc) is 3.34. The van der Waals surface area contributed by atoms with Gasteiger partial charge in [-0.25, -0.2) is 19.7 Å². The van der Waals surface area contributed by atoms with Gasteiger partial charge in [0.2, 0.25) is 0 Å². The zero-order chi connectivity index (χ0) is 26.8. The molecule has 8 nitrogen and oxygen atoms in total. The fraction of sp³-hybridized carbons (Fsp3) is 0.379. The van der Waals surface area contributed by atoms with Crippen LogP contribution in [0, 0.1) is 0 Å². The summed E-state index contributed by atoms with van der Waals surface area (Å²) in [5.41, 5.74) is 3.10. The van der Waals surface area contributed by atoms with Crippen LogP contribution >= 0.6 is 23.2 Å². The monoisotopic (exact) mass is 563 g/mol. The molecule has 39 heavy (non-hydrogen) atoms. The Balaban J connectivity index is 1.26. The third kappa shape index (κ3) is 5.54. The van der Waals surface area contributed by atoms with Crippen LogP contribution in [0.1, 0.15) is 44.9 Å². The minimum Gasteiger partial charge on any atom is -0.355 e. The highest BCUT2D eigenvalue weighted by Crippen LogP contribution is 2.35. The van der Waals surface area contributed by atoms with Crippen molar-refractivity contribution in [2.75, 3.05) is 18.0 Å². The van der Waals surface area contributed by atoms with Crippen molar-refractivity contribution in [2.24, 2.45) is 0 Å². The Labute approximate surface area is 237 Å². The molecule has 2 N–H and O–H groups in total. The van der Waals surface area contributed by atoms with E-state index in [9.17, 15) is 4.79 Å². The van der Waals surface area contributed by atoms with Crippen LogP contribution in [0.3, 0.4) is 0 Å². The summed E-state index contributed by atoms with van der Waals surface area (Å²) in [6, 6.07) is 15.6. The van der Waals surface area contributed by atoms with Gasteiger partial charge in [-0.15, -0.1) is 0 Å². The van der Waals surface area contributed by atoms with Gasteiger partial charge in [-0.2, -0.15) is 0 Å². The molecule has 6 rings (SSSR count). The van der Waals surface area contributed by atoms with Gasteiger partial charge in [0.25, 0.3) is 0 Å². The fourth-order valence-electron chi connectivity index (χ4n) is 5.66. The molecule has 2 aliphatic rings. The molecule has 0 spiro atoms. The first-order valence-electron chi connectivity index (χ1n) is 13.6. The van der Waals surface area contributed by atoms with Gasteiger partial charge in [0, 0.05) is 41.4 Å². The predicted octanol–water partition coefficient (Wildman–Crippen LogP) is 6.39. The lowest BCUT2D eigenvalue weighted by atomic mass is 9.96. The predicted molar refractivity (Wildman–Crippen MR) is 156 cm³/mol. The highest BCUT2D eigenvalue weighted by Gasteiger charge is 2.27. The second-order valence-corrected chi connectivity index (χ2v) is 11.2. The lowest BCUT2D eigenvalue weighted by Crippen LogP contribution is -2.50. The van der Waals surface area contributed by atoms with Crippen LogP contribution in [0.25, 0.3) is 28.2 Å². The van der Waals surface area contributed by atoms with E-state index in [1.54, 1.807) is 6.33 Å². The van der Waals surface area contributed by atoms with E-state index in [0.29, 0.717) is 33.1 Å². The molecule has 2 aromatic heterocycles. The molecule has 202 valence electrons. The lowest BCUT2D eigenvalue weighted by molar-refractivity contribution is 0.226. The number of nitrogens with zero attached hydrogens (tertiary/aromatic N) is 5. The summed E-state index contributed by atoms with van der Waals surface area (Å²) < 4.78 is 2.00. The van der Waals surface area contributed by atoms with Crippen LogP contribution in [0.5, 0.6) is 0 Å². The first kappa shape index (κ1) is 25.9. The van der Waals surface area contributed by atoms with E-state index < -0.39 is 0 Å². The van der Waals surface area contributed by atoms with Gasteiger partial charge in [0.05, 0.1) is 5.02 Å². The van der Waals surface area contributed by atoms with Crippen LogP contribution < -0.4 is 15.5 Å². The number of carbonyl (C=O) groups is 1. The van der Waals surface area contributed by atoms with Crippen molar-refractivity contribution in [1.82, 2.24) is 30.2 Å². The number of hydrogen-bond acceptors (Lipinski definition) is 5.